The summed E-state index contributed by atoms with van der Waals surface area (Å²) >= 11 is 0. The molecular weight excluding hydrogens is 384 g/mol. The maximum absolute atomic E-state index is 11.5. The molecule has 1 aliphatic heterocycles. The van der Waals surface area contributed by atoms with E-state index < -0.39 is 0 Å². The molecule has 9 nitrogen and oxygen atoms in total. The fourth-order valence-corrected chi connectivity index (χ4v) is 2.90. The van der Waals surface area contributed by atoms with E-state index in [0.717, 1.165) is 27.7 Å². The van der Waals surface area contributed by atoms with Crippen LogP contribution < -0.4 is 21.2 Å². The van der Waals surface area contributed by atoms with Gasteiger partial charge >= 0.3 is 0 Å². The number of hydrogen-bond acceptors (Lipinski definition) is 8. The zero-order valence-electron chi connectivity index (χ0n) is 16.2. The molecule has 0 unspecified atom stereocenters. The van der Waals surface area contributed by atoms with E-state index in [1.807, 2.05) is 31.2 Å². The zero-order chi connectivity index (χ0) is 21.1. The molecule has 0 bridgehead atoms. The number of benzene rings is 2. The highest BCUT2D eigenvalue weighted by Gasteiger charge is 2.19. The third-order valence-corrected chi connectivity index (χ3v) is 4.44. The molecule has 3 aromatic rings. The lowest BCUT2D eigenvalue weighted by Crippen LogP contribution is -2.11. The number of carbonyl (C=O) groups excluding carboxylic acids is 1. The molecule has 0 spiro atoms. The van der Waals surface area contributed by atoms with Crippen molar-refractivity contribution in [2.24, 2.45) is 0 Å². The maximum Gasteiger partial charge on any atom is 0.247 e. The Hall–Kier alpha value is -3.95. The van der Waals surface area contributed by atoms with Crippen LogP contribution in [0.15, 0.2) is 61.3 Å². The second-order valence-electron chi connectivity index (χ2n) is 6.64. The number of nitrogens with one attached hydrogen (secondary N) is 3. The summed E-state index contributed by atoms with van der Waals surface area (Å²) in [5.41, 5.74) is 4.43. The van der Waals surface area contributed by atoms with E-state index in [0.29, 0.717) is 29.7 Å². The molecule has 2 aromatic carbocycles. The molecule has 2 heterocycles. The third-order valence-electron chi connectivity index (χ3n) is 4.44. The van der Waals surface area contributed by atoms with Gasteiger partial charge in [0.1, 0.15) is 18.1 Å². The predicted molar refractivity (Wildman–Crippen MR) is 114 cm³/mol. The first kappa shape index (κ1) is 19.4. The van der Waals surface area contributed by atoms with Crippen LogP contribution in [0.1, 0.15) is 11.1 Å². The Morgan fingerprint density at radius 3 is 2.83 bits per heavy atom. The molecule has 4 N–H and O–H groups in total. The number of aryl methyl sites for hydroxylation is 1. The van der Waals surface area contributed by atoms with E-state index in [-0.39, 0.29) is 5.91 Å². The Kier molecular flexibility index (Phi) is 5.29. The summed E-state index contributed by atoms with van der Waals surface area (Å²) in [5.74, 6) is 0.724. The highest BCUT2D eigenvalue weighted by atomic mass is 16.9. The van der Waals surface area contributed by atoms with Crippen LogP contribution >= 0.6 is 0 Å². The van der Waals surface area contributed by atoms with Crippen molar-refractivity contribution in [3.63, 3.8) is 0 Å². The van der Waals surface area contributed by atoms with Gasteiger partial charge in [-0.1, -0.05) is 18.7 Å². The highest BCUT2D eigenvalue weighted by molar-refractivity contribution is 5.99. The summed E-state index contributed by atoms with van der Waals surface area (Å²) in [6.45, 7) is 5.67. The molecule has 1 aromatic heterocycles. The van der Waals surface area contributed by atoms with Crippen molar-refractivity contribution in [3.05, 3.63) is 72.4 Å². The Bertz CT molecular complexity index is 1120. The fourth-order valence-electron chi connectivity index (χ4n) is 2.90. The normalized spacial score (nSPS) is 12.3. The van der Waals surface area contributed by atoms with E-state index in [2.05, 4.69) is 32.5 Å². The molecule has 4 rings (SSSR count). The monoisotopic (exact) mass is 404 g/mol. The molecule has 0 saturated heterocycles. The smallest absolute Gasteiger partial charge is 0.247 e. The number of amides is 1. The van der Waals surface area contributed by atoms with Gasteiger partial charge in [-0.3, -0.25) is 10.0 Å². The van der Waals surface area contributed by atoms with Gasteiger partial charge in [0.15, 0.2) is 0 Å². The Balaban J connectivity index is 1.53. The average molecular weight is 404 g/mol. The zero-order valence-corrected chi connectivity index (χ0v) is 16.2. The van der Waals surface area contributed by atoms with Gasteiger partial charge in [-0.15, -0.1) is 5.23 Å². The lowest BCUT2D eigenvalue weighted by atomic mass is 10.2. The van der Waals surface area contributed by atoms with Crippen molar-refractivity contribution in [1.29, 1.82) is 0 Å². The number of nitrogens with zero attached hydrogens (tertiary/aromatic N) is 3. The number of rotatable bonds is 6. The topological polar surface area (TPSA) is 112 Å². The molecule has 0 aliphatic carbocycles. The summed E-state index contributed by atoms with van der Waals surface area (Å²) in [4.78, 5) is 25.4. The van der Waals surface area contributed by atoms with Crippen LogP contribution in [-0.2, 0) is 16.2 Å². The largest absolute Gasteiger partial charge is 0.340 e. The molecule has 1 amide bonds. The SMILES string of the molecule is C=CC(=O)Nc1cccc(Nc2ncc(C)c(Nc3ccc4c(c3)N(O)OC4)n2)c1. The summed E-state index contributed by atoms with van der Waals surface area (Å²) in [7, 11) is 0. The van der Waals surface area contributed by atoms with Gasteiger partial charge in [-0.2, -0.15) is 4.98 Å². The number of carbonyl (C=O) groups is 1. The van der Waals surface area contributed by atoms with Crippen molar-refractivity contribution >= 4 is 40.4 Å². The first-order valence-electron chi connectivity index (χ1n) is 9.18. The van der Waals surface area contributed by atoms with Crippen LogP contribution in [0.2, 0.25) is 0 Å². The average Bonchev–Trinajstić information content (AvgIpc) is 3.11. The quantitative estimate of drug-likeness (QED) is 0.456. The lowest BCUT2D eigenvalue weighted by molar-refractivity contribution is -0.111. The molecule has 0 fully saturated rings. The number of aromatic nitrogens is 2. The summed E-state index contributed by atoms with van der Waals surface area (Å²) in [5, 5.41) is 19.6. The van der Waals surface area contributed by atoms with Crippen LogP contribution in [0.4, 0.5) is 34.5 Å². The fraction of sp³-hybridized carbons (Fsp3) is 0.0952. The van der Waals surface area contributed by atoms with E-state index in [4.69, 9.17) is 4.84 Å². The van der Waals surface area contributed by atoms with Crippen molar-refractivity contribution in [2.45, 2.75) is 13.5 Å². The van der Waals surface area contributed by atoms with Gasteiger partial charge in [0.25, 0.3) is 0 Å². The highest BCUT2D eigenvalue weighted by Crippen LogP contribution is 2.31. The minimum atomic E-state index is -0.286. The van der Waals surface area contributed by atoms with Gasteiger partial charge in [0.05, 0.1) is 0 Å². The Labute approximate surface area is 173 Å². The Morgan fingerprint density at radius 2 is 2.00 bits per heavy atom. The van der Waals surface area contributed by atoms with Gasteiger partial charge in [0.2, 0.25) is 11.9 Å². The summed E-state index contributed by atoms with van der Waals surface area (Å²) in [6, 6.07) is 12.8. The van der Waals surface area contributed by atoms with Gasteiger partial charge in [-0.05, 0) is 43.3 Å². The van der Waals surface area contributed by atoms with E-state index in [9.17, 15) is 10.0 Å². The van der Waals surface area contributed by atoms with Crippen molar-refractivity contribution in [3.8, 4) is 0 Å². The standard InChI is InChI=1S/C21H20N6O3/c1-3-19(28)23-15-5-4-6-16(9-15)25-21-22-11-13(2)20(26-21)24-17-8-7-14-12-30-27(29)18(14)10-17/h3-11,29H,1,12H2,2H3,(H,23,28)(H2,22,24,25,26). The molecular formula is C21H20N6O3. The minimum absolute atomic E-state index is 0.286. The molecule has 152 valence electrons. The first-order valence-corrected chi connectivity index (χ1v) is 9.18. The number of hydrogen-bond donors (Lipinski definition) is 4. The van der Waals surface area contributed by atoms with Crippen molar-refractivity contribution in [2.75, 3.05) is 21.2 Å². The molecule has 9 heteroatoms. The minimum Gasteiger partial charge on any atom is -0.340 e. The number of fused-ring (bicyclic) bond motifs is 1. The van der Waals surface area contributed by atoms with Gasteiger partial charge in [0, 0.05) is 34.4 Å². The van der Waals surface area contributed by atoms with Gasteiger partial charge < -0.3 is 16.0 Å². The lowest BCUT2D eigenvalue weighted by Gasteiger charge is -2.13. The van der Waals surface area contributed by atoms with E-state index >= 15 is 0 Å². The maximum atomic E-state index is 11.5. The summed E-state index contributed by atoms with van der Waals surface area (Å²) in [6.07, 6.45) is 2.91. The molecule has 0 radical (unpaired) electrons. The molecule has 0 atom stereocenters. The molecule has 0 saturated carbocycles. The van der Waals surface area contributed by atoms with Crippen LogP contribution in [0.25, 0.3) is 0 Å². The Morgan fingerprint density at radius 1 is 1.20 bits per heavy atom. The predicted octanol–water partition coefficient (Wildman–Crippen LogP) is 4.04. The van der Waals surface area contributed by atoms with Crippen LogP contribution in [0.3, 0.4) is 0 Å². The van der Waals surface area contributed by atoms with E-state index in [1.165, 1.54) is 6.08 Å². The molecule has 30 heavy (non-hydrogen) atoms. The summed E-state index contributed by atoms with van der Waals surface area (Å²) < 4.78 is 0. The third kappa shape index (κ3) is 4.22. The van der Waals surface area contributed by atoms with Crippen molar-refractivity contribution < 1.29 is 14.8 Å². The van der Waals surface area contributed by atoms with Crippen LogP contribution in [0.5, 0.6) is 0 Å². The second kappa shape index (κ2) is 8.19. The number of anilines is 6. The van der Waals surface area contributed by atoms with E-state index in [1.54, 1.807) is 24.4 Å². The second-order valence-corrected chi connectivity index (χ2v) is 6.64. The van der Waals surface area contributed by atoms with Gasteiger partial charge in [-0.25, -0.2) is 9.82 Å². The van der Waals surface area contributed by atoms with Crippen LogP contribution in [0, 0.1) is 6.92 Å². The van der Waals surface area contributed by atoms with Crippen molar-refractivity contribution in [1.82, 2.24) is 9.97 Å². The molecule has 1 aliphatic rings. The first-order chi connectivity index (χ1) is 14.5. The van der Waals surface area contributed by atoms with Crippen LogP contribution in [-0.4, -0.2) is 21.1 Å².